The fourth-order valence-corrected chi connectivity index (χ4v) is 1.78. The molecule has 0 saturated heterocycles. The lowest BCUT2D eigenvalue weighted by molar-refractivity contribution is -0.139. The number of hydrogen-bond donors (Lipinski definition) is 2. The molecule has 0 spiro atoms. The van der Waals surface area contributed by atoms with Gasteiger partial charge in [-0.2, -0.15) is 5.10 Å². The fourth-order valence-electron chi connectivity index (χ4n) is 1.78. The van der Waals surface area contributed by atoms with Crippen molar-refractivity contribution in [2.75, 3.05) is 0 Å². The second kappa shape index (κ2) is 8.36. The zero-order chi connectivity index (χ0) is 15.6. The van der Waals surface area contributed by atoms with Gasteiger partial charge in [0.05, 0.1) is 0 Å². The first-order chi connectivity index (χ1) is 10.8. The van der Waals surface area contributed by atoms with Crippen LogP contribution in [0.3, 0.4) is 0 Å². The summed E-state index contributed by atoms with van der Waals surface area (Å²) in [5.41, 5.74) is 4.21. The molecule has 0 aliphatic carbocycles. The quantitative estimate of drug-likeness (QED) is 0.500. The average Bonchev–Trinajstić information content (AvgIpc) is 2.58. The maximum atomic E-state index is 11.6. The molecular formula is C17H17N3O2. The molecular weight excluding hydrogens is 278 g/mol. The van der Waals surface area contributed by atoms with E-state index in [4.69, 9.17) is 0 Å². The Labute approximate surface area is 129 Å². The number of rotatable bonds is 5. The molecule has 2 N–H and O–H groups in total. The summed E-state index contributed by atoms with van der Waals surface area (Å²) in [6, 6.07) is 19.1. The third-order valence-electron chi connectivity index (χ3n) is 2.93. The van der Waals surface area contributed by atoms with E-state index in [1.807, 2.05) is 60.7 Å². The van der Waals surface area contributed by atoms with Crippen LogP contribution in [0.1, 0.15) is 11.1 Å². The van der Waals surface area contributed by atoms with Crippen molar-refractivity contribution in [1.82, 2.24) is 10.7 Å². The van der Waals surface area contributed by atoms with E-state index in [0.29, 0.717) is 13.0 Å². The molecule has 0 bridgehead atoms. The average molecular weight is 295 g/mol. The Balaban J connectivity index is 1.71. The van der Waals surface area contributed by atoms with Gasteiger partial charge in [-0.3, -0.25) is 9.59 Å². The molecule has 5 heteroatoms. The molecule has 0 radical (unpaired) electrons. The Morgan fingerprint density at radius 2 is 1.45 bits per heavy atom. The van der Waals surface area contributed by atoms with E-state index in [0.717, 1.165) is 11.1 Å². The van der Waals surface area contributed by atoms with E-state index in [-0.39, 0.29) is 0 Å². The monoisotopic (exact) mass is 295 g/mol. The number of carbonyl (C=O) groups excluding carboxylic acids is 2. The molecule has 0 unspecified atom stereocenters. The molecule has 2 rings (SSSR count). The second-order valence-electron chi connectivity index (χ2n) is 4.61. The first-order valence-corrected chi connectivity index (χ1v) is 6.93. The van der Waals surface area contributed by atoms with Gasteiger partial charge in [0.1, 0.15) is 0 Å². The van der Waals surface area contributed by atoms with Crippen LogP contribution in [0, 0.1) is 0 Å². The second-order valence-corrected chi connectivity index (χ2v) is 4.61. The summed E-state index contributed by atoms with van der Waals surface area (Å²) >= 11 is 0. The molecule has 112 valence electrons. The van der Waals surface area contributed by atoms with Crippen molar-refractivity contribution in [2.24, 2.45) is 5.10 Å². The Bertz CT molecular complexity index is 639. The van der Waals surface area contributed by atoms with Gasteiger partial charge in [0.2, 0.25) is 0 Å². The van der Waals surface area contributed by atoms with Crippen LogP contribution in [0.2, 0.25) is 0 Å². The minimum absolute atomic E-state index is 0.306. The lowest BCUT2D eigenvalue weighted by atomic mass is 10.2. The number of carbonyl (C=O) groups is 2. The van der Waals surface area contributed by atoms with Crippen LogP contribution < -0.4 is 10.7 Å². The number of benzene rings is 2. The van der Waals surface area contributed by atoms with Gasteiger partial charge < -0.3 is 5.32 Å². The minimum atomic E-state index is -0.778. The standard InChI is InChI=1S/C17H17N3O2/c21-16(18-13-15-9-5-2-6-10-15)17(22)20-19-12-11-14-7-3-1-4-8-14/h1-10,12H,11,13H2,(H,18,21)(H,20,22). The summed E-state index contributed by atoms with van der Waals surface area (Å²) in [5.74, 6) is -1.49. The SMILES string of the molecule is O=C(NCc1ccccc1)C(=O)NN=CCc1ccccc1. The van der Waals surface area contributed by atoms with Crippen molar-refractivity contribution in [1.29, 1.82) is 0 Å². The van der Waals surface area contributed by atoms with Gasteiger partial charge in [0, 0.05) is 19.2 Å². The highest BCUT2D eigenvalue weighted by Crippen LogP contribution is 1.97. The van der Waals surface area contributed by atoms with Crippen molar-refractivity contribution >= 4 is 18.0 Å². The predicted octanol–water partition coefficient (Wildman–Crippen LogP) is 1.65. The van der Waals surface area contributed by atoms with Crippen LogP contribution in [0.4, 0.5) is 0 Å². The van der Waals surface area contributed by atoms with E-state index >= 15 is 0 Å². The maximum Gasteiger partial charge on any atom is 0.329 e. The first kappa shape index (κ1) is 15.4. The number of amides is 2. The summed E-state index contributed by atoms with van der Waals surface area (Å²) in [5, 5.41) is 6.29. The van der Waals surface area contributed by atoms with Gasteiger partial charge in [0.25, 0.3) is 0 Å². The van der Waals surface area contributed by atoms with Crippen molar-refractivity contribution < 1.29 is 9.59 Å². The van der Waals surface area contributed by atoms with Crippen LogP contribution in [-0.4, -0.2) is 18.0 Å². The normalized spacial score (nSPS) is 10.4. The van der Waals surface area contributed by atoms with Gasteiger partial charge in [-0.15, -0.1) is 0 Å². The number of nitrogens with zero attached hydrogens (tertiary/aromatic N) is 1. The van der Waals surface area contributed by atoms with E-state index < -0.39 is 11.8 Å². The summed E-state index contributed by atoms with van der Waals surface area (Å²) in [4.78, 5) is 23.1. The highest BCUT2D eigenvalue weighted by molar-refractivity contribution is 6.35. The zero-order valence-corrected chi connectivity index (χ0v) is 12.0. The van der Waals surface area contributed by atoms with Gasteiger partial charge in [-0.25, -0.2) is 5.43 Å². The third kappa shape index (κ3) is 5.20. The van der Waals surface area contributed by atoms with E-state index in [1.54, 1.807) is 6.21 Å². The number of nitrogens with one attached hydrogen (secondary N) is 2. The molecule has 0 aromatic heterocycles. The largest absolute Gasteiger partial charge is 0.344 e. The van der Waals surface area contributed by atoms with Gasteiger partial charge >= 0.3 is 11.8 Å². The van der Waals surface area contributed by atoms with E-state index in [9.17, 15) is 9.59 Å². The van der Waals surface area contributed by atoms with Crippen LogP contribution >= 0.6 is 0 Å². The molecule has 0 heterocycles. The molecule has 22 heavy (non-hydrogen) atoms. The fraction of sp³-hybridized carbons (Fsp3) is 0.118. The van der Waals surface area contributed by atoms with Gasteiger partial charge in [-0.1, -0.05) is 60.7 Å². The van der Waals surface area contributed by atoms with Crippen LogP contribution in [0.25, 0.3) is 0 Å². The Kier molecular flexibility index (Phi) is 5.87. The lowest BCUT2D eigenvalue weighted by Crippen LogP contribution is -2.37. The lowest BCUT2D eigenvalue weighted by Gasteiger charge is -2.03. The smallest absolute Gasteiger partial charge is 0.329 e. The summed E-state index contributed by atoms with van der Waals surface area (Å²) < 4.78 is 0. The first-order valence-electron chi connectivity index (χ1n) is 6.93. The van der Waals surface area contributed by atoms with Crippen molar-refractivity contribution in [3.63, 3.8) is 0 Å². The molecule has 0 aliphatic heterocycles. The Morgan fingerprint density at radius 1 is 0.864 bits per heavy atom. The third-order valence-corrected chi connectivity index (χ3v) is 2.93. The van der Waals surface area contributed by atoms with Crippen LogP contribution in [0.15, 0.2) is 65.8 Å². The Morgan fingerprint density at radius 3 is 2.09 bits per heavy atom. The highest BCUT2D eigenvalue weighted by atomic mass is 16.2. The van der Waals surface area contributed by atoms with E-state index in [1.165, 1.54) is 0 Å². The van der Waals surface area contributed by atoms with Crippen molar-refractivity contribution in [2.45, 2.75) is 13.0 Å². The molecule has 2 aromatic rings. The van der Waals surface area contributed by atoms with Crippen molar-refractivity contribution in [3.05, 3.63) is 71.8 Å². The molecule has 0 atom stereocenters. The topological polar surface area (TPSA) is 70.6 Å². The van der Waals surface area contributed by atoms with E-state index in [2.05, 4.69) is 15.8 Å². The molecule has 0 aliphatic rings. The predicted molar refractivity (Wildman–Crippen MR) is 85.1 cm³/mol. The van der Waals surface area contributed by atoms with Crippen LogP contribution in [0.5, 0.6) is 0 Å². The highest BCUT2D eigenvalue weighted by Gasteiger charge is 2.11. The molecule has 0 fully saturated rings. The summed E-state index contributed by atoms with van der Waals surface area (Å²) in [6.45, 7) is 0.306. The molecule has 5 nitrogen and oxygen atoms in total. The summed E-state index contributed by atoms with van der Waals surface area (Å²) in [7, 11) is 0. The number of hydrazone groups is 1. The molecule has 2 aromatic carbocycles. The van der Waals surface area contributed by atoms with Crippen molar-refractivity contribution in [3.8, 4) is 0 Å². The Hall–Kier alpha value is -2.95. The zero-order valence-electron chi connectivity index (χ0n) is 12.0. The van der Waals surface area contributed by atoms with Crippen LogP contribution in [-0.2, 0) is 22.6 Å². The molecule has 2 amide bonds. The molecule has 0 saturated carbocycles. The maximum absolute atomic E-state index is 11.6. The van der Waals surface area contributed by atoms with Gasteiger partial charge in [-0.05, 0) is 11.1 Å². The number of hydrogen-bond acceptors (Lipinski definition) is 3. The van der Waals surface area contributed by atoms with Gasteiger partial charge in [0.15, 0.2) is 0 Å². The minimum Gasteiger partial charge on any atom is -0.344 e. The summed E-state index contributed by atoms with van der Waals surface area (Å²) in [6.07, 6.45) is 2.14.